The maximum absolute atomic E-state index is 2.31. The van der Waals surface area contributed by atoms with Crippen molar-refractivity contribution in [1.82, 2.24) is 0 Å². The van der Waals surface area contributed by atoms with E-state index < -0.39 is 0 Å². The molecular weight excluding hydrogens is 172 g/mol. The molecule has 1 aliphatic carbocycles. The third-order valence-electron chi connectivity index (χ3n) is 2.18. The highest BCUT2D eigenvalue weighted by atomic mass is 33.1. The molecule has 11 heavy (non-hydrogen) atoms. The van der Waals surface area contributed by atoms with Crippen molar-refractivity contribution >= 4 is 21.6 Å². The van der Waals surface area contributed by atoms with E-state index in [1.54, 1.807) is 16.1 Å². The monoisotopic (exact) mass is 184 g/mol. The van der Waals surface area contributed by atoms with E-state index in [2.05, 4.69) is 19.3 Å². The second-order valence-electron chi connectivity index (χ2n) is 3.32. The third kappa shape index (κ3) is 1.27. The third-order valence-corrected chi connectivity index (χ3v) is 4.67. The molecule has 0 aromatic rings. The Hall–Kier alpha value is 0.180. The van der Waals surface area contributed by atoms with Crippen LogP contribution in [0.5, 0.6) is 0 Å². The molecule has 1 saturated carbocycles. The standard InChI is InChI=1S/C9H12S2/c1-6(2)9-8-4-3-7(8)5-10-11-9/h5-6H,3-4H2,1-2H3. The SMILES string of the molecule is CC(C)C1=C2CCC2=CSS1. The molecule has 2 heteroatoms. The van der Waals surface area contributed by atoms with Crippen molar-refractivity contribution in [3.05, 3.63) is 21.5 Å². The fourth-order valence-electron chi connectivity index (χ4n) is 1.43. The molecule has 2 aliphatic rings. The van der Waals surface area contributed by atoms with Gasteiger partial charge in [0.25, 0.3) is 0 Å². The van der Waals surface area contributed by atoms with Crippen molar-refractivity contribution in [3.63, 3.8) is 0 Å². The van der Waals surface area contributed by atoms with E-state index in [9.17, 15) is 0 Å². The zero-order valence-corrected chi connectivity index (χ0v) is 8.52. The number of rotatable bonds is 1. The molecule has 0 bridgehead atoms. The predicted octanol–water partition coefficient (Wildman–Crippen LogP) is 3.97. The Morgan fingerprint density at radius 3 is 2.64 bits per heavy atom. The first-order valence-corrected chi connectivity index (χ1v) is 6.26. The van der Waals surface area contributed by atoms with E-state index in [1.165, 1.54) is 12.8 Å². The predicted molar refractivity (Wildman–Crippen MR) is 54.4 cm³/mol. The average molecular weight is 184 g/mol. The van der Waals surface area contributed by atoms with Gasteiger partial charge in [-0.2, -0.15) is 0 Å². The zero-order valence-electron chi connectivity index (χ0n) is 6.89. The van der Waals surface area contributed by atoms with Gasteiger partial charge in [-0.15, -0.1) is 0 Å². The Kier molecular flexibility index (Phi) is 2.06. The van der Waals surface area contributed by atoms with Gasteiger partial charge in [-0.3, -0.25) is 0 Å². The molecule has 0 aromatic carbocycles. The molecule has 0 atom stereocenters. The summed E-state index contributed by atoms with van der Waals surface area (Å²) in [6, 6.07) is 0. The second-order valence-corrected chi connectivity index (χ2v) is 5.43. The first-order chi connectivity index (χ1) is 5.29. The maximum atomic E-state index is 2.31. The van der Waals surface area contributed by atoms with E-state index >= 15 is 0 Å². The van der Waals surface area contributed by atoms with Crippen LogP contribution in [0.1, 0.15) is 26.7 Å². The van der Waals surface area contributed by atoms with Crippen molar-refractivity contribution < 1.29 is 0 Å². The first-order valence-electron chi connectivity index (χ1n) is 4.05. The number of allylic oxidation sites excluding steroid dienone is 3. The highest BCUT2D eigenvalue weighted by molar-refractivity contribution is 8.79. The molecule has 0 nitrogen and oxygen atoms in total. The second kappa shape index (κ2) is 2.91. The number of hydrogen-bond acceptors (Lipinski definition) is 2. The summed E-state index contributed by atoms with van der Waals surface area (Å²) in [5, 5.41) is 2.31. The molecule has 0 amide bonds. The fraction of sp³-hybridized carbons (Fsp3) is 0.556. The Labute approximate surface area is 75.9 Å². The lowest BCUT2D eigenvalue weighted by Crippen LogP contribution is -2.09. The Morgan fingerprint density at radius 1 is 1.36 bits per heavy atom. The van der Waals surface area contributed by atoms with Gasteiger partial charge in [0.15, 0.2) is 0 Å². The van der Waals surface area contributed by atoms with Crippen molar-refractivity contribution in [1.29, 1.82) is 0 Å². The lowest BCUT2D eigenvalue weighted by molar-refractivity contribution is 0.750. The molecule has 0 unspecified atom stereocenters. The Bertz CT molecular complexity index is 236. The van der Waals surface area contributed by atoms with Crippen LogP contribution in [0.15, 0.2) is 21.5 Å². The van der Waals surface area contributed by atoms with E-state index in [1.807, 2.05) is 21.6 Å². The molecule has 60 valence electrons. The van der Waals surface area contributed by atoms with Crippen LogP contribution in [0.4, 0.5) is 0 Å². The summed E-state index contributed by atoms with van der Waals surface area (Å²) in [7, 11) is 3.85. The topological polar surface area (TPSA) is 0 Å². The molecule has 2 rings (SSSR count). The zero-order chi connectivity index (χ0) is 7.84. The van der Waals surface area contributed by atoms with E-state index in [4.69, 9.17) is 0 Å². The molecule has 0 N–H and O–H groups in total. The van der Waals surface area contributed by atoms with Crippen LogP contribution in [0.3, 0.4) is 0 Å². The van der Waals surface area contributed by atoms with Gasteiger partial charge in [0.2, 0.25) is 0 Å². The highest BCUT2D eigenvalue weighted by Crippen LogP contribution is 2.51. The van der Waals surface area contributed by atoms with E-state index in [0.29, 0.717) is 0 Å². The van der Waals surface area contributed by atoms with Gasteiger partial charge in [-0.05, 0) is 35.3 Å². The van der Waals surface area contributed by atoms with Crippen LogP contribution in [0.25, 0.3) is 0 Å². The summed E-state index contributed by atoms with van der Waals surface area (Å²) in [5.41, 5.74) is 3.27. The van der Waals surface area contributed by atoms with Crippen LogP contribution in [0, 0.1) is 5.92 Å². The van der Waals surface area contributed by atoms with Crippen LogP contribution in [0.2, 0.25) is 0 Å². The molecule has 0 saturated heterocycles. The number of hydrogen-bond donors (Lipinski definition) is 0. The highest BCUT2D eigenvalue weighted by Gasteiger charge is 2.25. The first kappa shape index (κ1) is 7.81. The van der Waals surface area contributed by atoms with Gasteiger partial charge < -0.3 is 0 Å². The smallest absolute Gasteiger partial charge is 0.00218 e. The van der Waals surface area contributed by atoms with Gasteiger partial charge in [0.05, 0.1) is 0 Å². The molecule has 1 fully saturated rings. The average Bonchev–Trinajstić information content (AvgIpc) is 1.90. The van der Waals surface area contributed by atoms with Gasteiger partial charge in [0, 0.05) is 4.91 Å². The molecular formula is C9H12S2. The van der Waals surface area contributed by atoms with Crippen molar-refractivity contribution in [2.45, 2.75) is 26.7 Å². The largest absolute Gasteiger partial charge is 0.0606 e. The Morgan fingerprint density at radius 2 is 2.18 bits per heavy atom. The molecule has 0 spiro atoms. The minimum atomic E-state index is 0.728. The van der Waals surface area contributed by atoms with Gasteiger partial charge in [-0.25, -0.2) is 0 Å². The summed E-state index contributed by atoms with van der Waals surface area (Å²) in [4.78, 5) is 1.62. The Balaban J connectivity index is 2.29. The summed E-state index contributed by atoms with van der Waals surface area (Å²) >= 11 is 0. The number of fused-ring (bicyclic) bond motifs is 1. The van der Waals surface area contributed by atoms with Gasteiger partial charge in [-0.1, -0.05) is 35.4 Å². The summed E-state index contributed by atoms with van der Waals surface area (Å²) in [6.07, 6.45) is 2.64. The molecule has 1 heterocycles. The maximum Gasteiger partial charge on any atom is 0.00218 e. The molecule has 0 radical (unpaired) electrons. The van der Waals surface area contributed by atoms with Crippen molar-refractivity contribution in [2.75, 3.05) is 0 Å². The van der Waals surface area contributed by atoms with Crippen LogP contribution in [-0.2, 0) is 0 Å². The minimum absolute atomic E-state index is 0.728. The van der Waals surface area contributed by atoms with Gasteiger partial charge in [0.1, 0.15) is 0 Å². The lowest BCUT2D eigenvalue weighted by Gasteiger charge is -2.30. The van der Waals surface area contributed by atoms with E-state index in [0.717, 1.165) is 5.92 Å². The van der Waals surface area contributed by atoms with Crippen molar-refractivity contribution in [3.8, 4) is 0 Å². The molecule has 1 aliphatic heterocycles. The van der Waals surface area contributed by atoms with E-state index in [-0.39, 0.29) is 0 Å². The summed E-state index contributed by atoms with van der Waals surface area (Å²) < 4.78 is 0. The molecule has 0 aromatic heterocycles. The lowest BCUT2D eigenvalue weighted by atomic mass is 9.85. The normalized spacial score (nSPS) is 23.0. The fourth-order valence-corrected chi connectivity index (χ4v) is 4.17. The van der Waals surface area contributed by atoms with Crippen LogP contribution >= 0.6 is 21.6 Å². The van der Waals surface area contributed by atoms with Crippen molar-refractivity contribution in [2.24, 2.45) is 5.92 Å². The van der Waals surface area contributed by atoms with Gasteiger partial charge >= 0.3 is 0 Å². The summed E-state index contributed by atoms with van der Waals surface area (Å²) in [5.74, 6) is 0.728. The van der Waals surface area contributed by atoms with Crippen LogP contribution < -0.4 is 0 Å². The summed E-state index contributed by atoms with van der Waals surface area (Å²) in [6.45, 7) is 4.58. The van der Waals surface area contributed by atoms with Crippen LogP contribution in [-0.4, -0.2) is 0 Å². The quantitative estimate of drug-likeness (QED) is 0.566. The minimum Gasteiger partial charge on any atom is -0.0606 e.